The number of hydrogen-bond donors (Lipinski definition) is 4. The van der Waals surface area contributed by atoms with E-state index in [4.69, 9.17) is 23.8 Å². The predicted octanol–water partition coefficient (Wildman–Crippen LogP) is 7.10. The van der Waals surface area contributed by atoms with Gasteiger partial charge in [0.05, 0.1) is 54.8 Å². The summed E-state index contributed by atoms with van der Waals surface area (Å²) in [6.07, 6.45) is 12.2. The molecule has 0 saturated carbocycles. The van der Waals surface area contributed by atoms with Crippen molar-refractivity contribution >= 4 is 61.0 Å². The maximum absolute atomic E-state index is 13.2. The van der Waals surface area contributed by atoms with E-state index in [2.05, 4.69) is 9.89 Å². The third-order valence-corrected chi connectivity index (χ3v) is 16.9. The largest absolute Gasteiger partial charge is 0.507 e. The van der Waals surface area contributed by atoms with E-state index in [0.717, 1.165) is 45.0 Å². The molecule has 3 aromatic carbocycles. The number of aromatic hydroxyl groups is 1. The first-order valence-electron chi connectivity index (χ1n) is 26.5. The van der Waals surface area contributed by atoms with Gasteiger partial charge >= 0.3 is 5.97 Å². The second kappa shape index (κ2) is 24.6. The van der Waals surface area contributed by atoms with Crippen molar-refractivity contribution in [3.05, 3.63) is 106 Å². The molecule has 1 saturated heterocycles. The lowest BCUT2D eigenvalue weighted by Crippen LogP contribution is -2.51. The predicted molar refractivity (Wildman–Crippen MR) is 293 cm³/mol. The van der Waals surface area contributed by atoms with Crippen LogP contribution in [-0.2, 0) is 75.7 Å². The minimum Gasteiger partial charge on any atom is -0.507 e. The van der Waals surface area contributed by atoms with Gasteiger partial charge in [0, 0.05) is 85.3 Å². The fraction of sp³-hybridized carbons (Fsp3) is 0.491. The van der Waals surface area contributed by atoms with Crippen LogP contribution < -0.4 is 15.0 Å². The molecule has 0 aromatic heterocycles. The van der Waals surface area contributed by atoms with E-state index in [-0.39, 0.29) is 53.9 Å². The van der Waals surface area contributed by atoms with Crippen molar-refractivity contribution in [1.82, 2.24) is 10.4 Å². The summed E-state index contributed by atoms with van der Waals surface area (Å²) in [6.45, 7) is 18.2. The summed E-state index contributed by atoms with van der Waals surface area (Å²) in [7, 11) is -8.99. The summed E-state index contributed by atoms with van der Waals surface area (Å²) in [6, 6.07) is 9.01. The summed E-state index contributed by atoms with van der Waals surface area (Å²) in [5.74, 6) is -1.08. The quantitative estimate of drug-likeness (QED) is 0.0217. The van der Waals surface area contributed by atoms with Crippen LogP contribution in [0.3, 0.4) is 0 Å². The summed E-state index contributed by atoms with van der Waals surface area (Å²) in [4.78, 5) is 56.0. The molecule has 20 nitrogen and oxygen atoms in total. The minimum atomic E-state index is -4.50. The molecular formula is C57H73N4O16S2+. The van der Waals surface area contributed by atoms with Gasteiger partial charge in [0.15, 0.2) is 11.3 Å². The van der Waals surface area contributed by atoms with E-state index in [1.807, 2.05) is 83.7 Å². The molecule has 3 amide bonds. The van der Waals surface area contributed by atoms with Crippen molar-refractivity contribution in [3.63, 3.8) is 0 Å². The standard InChI is InChI=1S/C57H72N4O16S2/c1-37-38(2)53-42(39(3)52(37)65)24-25-57(8,76-53)54(66)58-26-29-73-31-33-75-34-32-74-30-28-60-46-21-19-41(79(70,71)72)36-44(46)56(6,7)48(60)16-12-9-11-15-47-55(4,5)43-35-40(78(67,68)69)18-20-45(43)59(47)27-14-10-13-17-51(64)77-61-49(62)22-23-50(61)63/h9,11-12,15-16,18-21,35-36H,10,13-14,17,22-34H2,1-8H3,(H3-,58,65,66,67,68,69,70,71,72)/p+1. The molecule has 1 fully saturated rings. The highest BCUT2D eigenvalue weighted by Crippen LogP contribution is 2.49. The number of imide groups is 1. The fourth-order valence-corrected chi connectivity index (χ4v) is 11.5. The number of amides is 3. The average Bonchev–Trinajstić information content (AvgIpc) is 4.16. The molecule has 79 heavy (non-hydrogen) atoms. The number of benzene rings is 3. The number of fused-ring (bicyclic) bond motifs is 3. The molecule has 0 aliphatic carbocycles. The molecular weight excluding hydrogens is 1060 g/mol. The lowest BCUT2D eigenvalue weighted by Gasteiger charge is -2.36. The van der Waals surface area contributed by atoms with Crippen LogP contribution in [-0.4, -0.2) is 135 Å². The van der Waals surface area contributed by atoms with E-state index in [0.29, 0.717) is 100 Å². The average molecular weight is 1130 g/mol. The third kappa shape index (κ3) is 13.5. The van der Waals surface area contributed by atoms with Gasteiger partial charge in [-0.15, -0.1) is 5.06 Å². The van der Waals surface area contributed by atoms with Gasteiger partial charge in [-0.3, -0.25) is 23.5 Å². The molecule has 4 aliphatic heterocycles. The monoisotopic (exact) mass is 1130 g/mol. The molecule has 0 spiro atoms. The second-order valence-electron chi connectivity index (χ2n) is 21.4. The summed E-state index contributed by atoms with van der Waals surface area (Å²) in [5, 5.41) is 13.9. The third-order valence-electron chi connectivity index (χ3n) is 15.2. The van der Waals surface area contributed by atoms with Crippen molar-refractivity contribution in [3.8, 4) is 11.5 Å². The van der Waals surface area contributed by atoms with Gasteiger partial charge in [0.2, 0.25) is 5.69 Å². The van der Waals surface area contributed by atoms with E-state index in [1.54, 1.807) is 19.1 Å². The number of carbonyl (C=O) groups excluding carboxylic acids is 4. The Balaban J connectivity index is 0.927. The lowest BCUT2D eigenvalue weighted by molar-refractivity contribution is -0.438. The molecule has 428 valence electrons. The van der Waals surface area contributed by atoms with Gasteiger partial charge in [-0.05, 0) is 119 Å². The molecule has 1 atom stereocenters. The Kier molecular flexibility index (Phi) is 18.8. The smallest absolute Gasteiger partial charge is 0.333 e. The molecule has 0 bridgehead atoms. The number of allylic oxidation sites excluding steroid dienone is 6. The fourth-order valence-electron chi connectivity index (χ4n) is 10.5. The highest BCUT2D eigenvalue weighted by atomic mass is 32.2. The van der Waals surface area contributed by atoms with E-state index < -0.39 is 54.5 Å². The molecule has 3 aromatic rings. The number of nitrogens with one attached hydrogen (secondary N) is 1. The summed E-state index contributed by atoms with van der Waals surface area (Å²) < 4.78 is 94.5. The SMILES string of the molecule is Cc1c(C)c2c(c(C)c1O)CCC(C)(C(=O)NCCOCCOCCOCCN1/C(=C/C=C/C=C/C3=[N+](CCCCCC(=O)ON4C(=O)CCC4=O)c4ccc(S(=O)(=O)O)cc4C3(C)C)C(C)(C)c3cc(S(=O)(=O)O)ccc31)O2. The maximum Gasteiger partial charge on any atom is 0.333 e. The number of hydroxylamine groups is 2. The number of phenols is 1. The topological polar surface area (TPSA) is 265 Å². The maximum atomic E-state index is 13.2. The molecule has 0 radical (unpaired) electrons. The highest BCUT2D eigenvalue weighted by Gasteiger charge is 2.46. The molecule has 7 rings (SSSR count). The van der Waals surface area contributed by atoms with Crippen molar-refractivity contribution in [1.29, 1.82) is 0 Å². The number of rotatable bonds is 25. The van der Waals surface area contributed by atoms with Crippen LogP contribution in [0.4, 0.5) is 11.4 Å². The zero-order valence-electron chi connectivity index (χ0n) is 46.2. The van der Waals surface area contributed by atoms with Gasteiger partial charge in [0.1, 0.15) is 18.0 Å². The van der Waals surface area contributed by atoms with Crippen molar-refractivity contribution in [2.24, 2.45) is 0 Å². The van der Waals surface area contributed by atoms with E-state index in [1.165, 1.54) is 24.3 Å². The van der Waals surface area contributed by atoms with Crippen LogP contribution in [0.1, 0.15) is 113 Å². The van der Waals surface area contributed by atoms with Crippen molar-refractivity contribution in [2.75, 3.05) is 64.2 Å². The summed E-state index contributed by atoms with van der Waals surface area (Å²) in [5.41, 5.74) is 5.37. The van der Waals surface area contributed by atoms with Gasteiger partial charge in [-0.25, -0.2) is 4.79 Å². The first kappa shape index (κ1) is 60.4. The Bertz CT molecular complexity index is 3220. The normalized spacial score (nSPS) is 19.2. The van der Waals surface area contributed by atoms with Crippen LogP contribution in [0.15, 0.2) is 82.3 Å². The van der Waals surface area contributed by atoms with Gasteiger partial charge in [0.25, 0.3) is 38.0 Å². The van der Waals surface area contributed by atoms with Gasteiger partial charge in [-0.1, -0.05) is 32.1 Å². The summed E-state index contributed by atoms with van der Waals surface area (Å²) >= 11 is 0. The number of carbonyl (C=O) groups is 4. The Hall–Kier alpha value is -6.27. The first-order chi connectivity index (χ1) is 37.2. The van der Waals surface area contributed by atoms with Crippen LogP contribution in [0.2, 0.25) is 0 Å². The molecule has 22 heteroatoms. The molecule has 4 N–H and O–H groups in total. The minimum absolute atomic E-state index is 0.00297. The zero-order chi connectivity index (χ0) is 57.7. The van der Waals surface area contributed by atoms with E-state index in [9.17, 15) is 50.2 Å². The highest BCUT2D eigenvalue weighted by molar-refractivity contribution is 7.86. The number of phenolic OH excluding ortho intramolecular Hbond substituents is 1. The lowest BCUT2D eigenvalue weighted by atomic mass is 9.81. The van der Waals surface area contributed by atoms with Crippen LogP contribution >= 0.6 is 0 Å². The zero-order valence-corrected chi connectivity index (χ0v) is 47.8. The van der Waals surface area contributed by atoms with Gasteiger partial charge < -0.3 is 39.1 Å². The van der Waals surface area contributed by atoms with Crippen LogP contribution in [0.25, 0.3) is 0 Å². The van der Waals surface area contributed by atoms with Crippen molar-refractivity contribution in [2.45, 2.75) is 133 Å². The number of nitrogens with zero attached hydrogens (tertiary/aromatic N) is 3. The molecule has 1 unspecified atom stereocenters. The number of unbranched alkanes of at least 4 members (excludes halogenated alkanes) is 2. The second-order valence-corrected chi connectivity index (χ2v) is 24.2. The van der Waals surface area contributed by atoms with E-state index >= 15 is 0 Å². The molecule has 4 heterocycles. The Morgan fingerprint density at radius 2 is 1.37 bits per heavy atom. The van der Waals surface area contributed by atoms with Crippen LogP contribution in [0, 0.1) is 20.8 Å². The molecule has 4 aliphatic rings. The number of hydrogen-bond acceptors (Lipinski definition) is 15. The Morgan fingerprint density at radius 3 is 2.03 bits per heavy atom. The van der Waals surface area contributed by atoms with Crippen LogP contribution in [0.5, 0.6) is 11.5 Å². The Labute approximate surface area is 462 Å². The number of ether oxygens (including phenoxy) is 4. The van der Waals surface area contributed by atoms with Crippen molar-refractivity contribution < 1.29 is 78.6 Å². The number of anilines is 1. The first-order valence-corrected chi connectivity index (χ1v) is 29.4. The van der Waals surface area contributed by atoms with Gasteiger partial charge in [-0.2, -0.15) is 21.4 Å². The Morgan fingerprint density at radius 1 is 0.747 bits per heavy atom.